The highest BCUT2D eigenvalue weighted by Crippen LogP contribution is 2.29. The van der Waals surface area contributed by atoms with Crippen LogP contribution in [0.15, 0.2) is 90.0 Å². The third-order valence-electron chi connectivity index (χ3n) is 5.33. The zero-order valence-electron chi connectivity index (χ0n) is 19.5. The quantitative estimate of drug-likeness (QED) is 0.108. The number of amides is 1. The van der Waals surface area contributed by atoms with Crippen molar-refractivity contribution in [2.75, 3.05) is 0 Å². The summed E-state index contributed by atoms with van der Waals surface area (Å²) in [5, 5.41) is 17.0. The first-order valence-corrected chi connectivity index (χ1v) is 11.4. The fourth-order valence-electron chi connectivity index (χ4n) is 3.48. The number of esters is 1. The number of hydrazone groups is 1. The predicted molar refractivity (Wildman–Crippen MR) is 139 cm³/mol. The molecule has 37 heavy (non-hydrogen) atoms. The number of halogens is 1. The van der Waals surface area contributed by atoms with Crippen LogP contribution in [-0.2, 0) is 4.79 Å². The van der Waals surface area contributed by atoms with Crippen molar-refractivity contribution in [2.45, 2.75) is 13.0 Å². The number of nitro benzene ring substituents is 1. The average molecular weight is 518 g/mol. The number of hydrogen-bond acceptors (Lipinski definition) is 7. The van der Waals surface area contributed by atoms with Gasteiger partial charge >= 0.3 is 11.7 Å². The number of nitrogens with zero attached hydrogens (tertiary/aromatic N) is 2. The molecule has 0 bridgehead atoms. The summed E-state index contributed by atoms with van der Waals surface area (Å²) in [7, 11) is 0. The Balaban J connectivity index is 1.55. The van der Waals surface area contributed by atoms with Crippen molar-refractivity contribution >= 4 is 46.2 Å². The lowest BCUT2D eigenvalue weighted by Gasteiger charge is -2.13. The zero-order chi connectivity index (χ0) is 26.4. The van der Waals surface area contributed by atoms with E-state index in [1.165, 1.54) is 31.3 Å². The highest BCUT2D eigenvalue weighted by Gasteiger charge is 2.21. The van der Waals surface area contributed by atoms with Crippen molar-refractivity contribution in [3.05, 3.63) is 111 Å². The van der Waals surface area contributed by atoms with Crippen LogP contribution in [0.4, 0.5) is 5.69 Å². The molecule has 186 valence electrons. The SMILES string of the molecule is CC(Oc1ccccc1[N+](=O)[O-])C(=O)NN=Cc1c(OC(=O)c2ccccc2Cl)ccc2ccccc12. The van der Waals surface area contributed by atoms with Gasteiger partial charge in [0.2, 0.25) is 0 Å². The van der Waals surface area contributed by atoms with Crippen LogP contribution >= 0.6 is 11.6 Å². The number of nitrogens with one attached hydrogen (secondary N) is 1. The molecule has 1 amide bonds. The molecule has 4 rings (SSSR count). The van der Waals surface area contributed by atoms with Crippen LogP contribution in [0.3, 0.4) is 0 Å². The van der Waals surface area contributed by atoms with Gasteiger partial charge < -0.3 is 9.47 Å². The molecule has 0 aliphatic rings. The van der Waals surface area contributed by atoms with Gasteiger partial charge in [0.15, 0.2) is 11.9 Å². The molecule has 0 aromatic heterocycles. The summed E-state index contributed by atoms with van der Waals surface area (Å²) < 4.78 is 11.1. The van der Waals surface area contributed by atoms with Crippen molar-refractivity contribution < 1.29 is 24.0 Å². The molecular formula is C27H20ClN3O6. The van der Waals surface area contributed by atoms with Crippen LogP contribution in [0.1, 0.15) is 22.8 Å². The van der Waals surface area contributed by atoms with Gasteiger partial charge in [-0.05, 0) is 42.0 Å². The zero-order valence-corrected chi connectivity index (χ0v) is 20.2. The number of carbonyl (C=O) groups excluding carboxylic acids is 2. The lowest BCUT2D eigenvalue weighted by atomic mass is 10.0. The first kappa shape index (κ1) is 25.3. The molecule has 0 fully saturated rings. The van der Waals surface area contributed by atoms with E-state index in [-0.39, 0.29) is 27.8 Å². The van der Waals surface area contributed by atoms with Crippen LogP contribution in [-0.4, -0.2) is 29.1 Å². The van der Waals surface area contributed by atoms with Gasteiger partial charge in [-0.3, -0.25) is 14.9 Å². The van der Waals surface area contributed by atoms with Gasteiger partial charge in [0, 0.05) is 11.6 Å². The molecule has 0 aliphatic carbocycles. The molecule has 4 aromatic carbocycles. The van der Waals surface area contributed by atoms with E-state index in [1.807, 2.05) is 24.3 Å². The van der Waals surface area contributed by atoms with E-state index in [4.69, 9.17) is 21.1 Å². The minimum Gasteiger partial charge on any atom is -0.474 e. The van der Waals surface area contributed by atoms with Gasteiger partial charge in [-0.2, -0.15) is 5.10 Å². The van der Waals surface area contributed by atoms with Crippen molar-refractivity contribution in [2.24, 2.45) is 5.10 Å². The van der Waals surface area contributed by atoms with E-state index in [0.717, 1.165) is 10.8 Å². The molecule has 1 atom stereocenters. The van der Waals surface area contributed by atoms with Crippen LogP contribution in [0.25, 0.3) is 10.8 Å². The molecule has 10 heteroatoms. The lowest BCUT2D eigenvalue weighted by Crippen LogP contribution is -2.33. The Morgan fingerprint density at radius 3 is 2.46 bits per heavy atom. The van der Waals surface area contributed by atoms with Gasteiger partial charge in [-0.15, -0.1) is 0 Å². The molecule has 0 radical (unpaired) electrons. The third-order valence-corrected chi connectivity index (χ3v) is 5.66. The monoisotopic (exact) mass is 517 g/mol. The predicted octanol–water partition coefficient (Wildman–Crippen LogP) is 5.54. The van der Waals surface area contributed by atoms with Gasteiger partial charge in [0.05, 0.1) is 21.7 Å². The van der Waals surface area contributed by atoms with E-state index in [9.17, 15) is 19.7 Å². The molecule has 0 saturated heterocycles. The Labute approximate surface area is 216 Å². The van der Waals surface area contributed by atoms with Gasteiger partial charge in [0.1, 0.15) is 5.75 Å². The largest absolute Gasteiger partial charge is 0.474 e. The first-order valence-electron chi connectivity index (χ1n) is 11.1. The summed E-state index contributed by atoms with van der Waals surface area (Å²) >= 11 is 6.13. The minimum atomic E-state index is -1.08. The summed E-state index contributed by atoms with van der Waals surface area (Å²) in [5.41, 5.74) is 2.76. The van der Waals surface area contributed by atoms with Crippen LogP contribution in [0, 0.1) is 10.1 Å². The number of ether oxygens (including phenoxy) is 2. The van der Waals surface area contributed by atoms with Crippen molar-refractivity contribution in [3.63, 3.8) is 0 Å². The summed E-state index contributed by atoms with van der Waals surface area (Å²) in [6.45, 7) is 1.44. The fourth-order valence-corrected chi connectivity index (χ4v) is 3.70. The summed E-state index contributed by atoms with van der Waals surface area (Å²) in [6, 6.07) is 23.1. The fraction of sp³-hybridized carbons (Fsp3) is 0.0741. The molecule has 4 aromatic rings. The van der Waals surface area contributed by atoms with Crippen LogP contribution in [0.2, 0.25) is 5.02 Å². The maximum absolute atomic E-state index is 12.8. The highest BCUT2D eigenvalue weighted by atomic mass is 35.5. The van der Waals surface area contributed by atoms with Gasteiger partial charge in [-0.25, -0.2) is 10.2 Å². The van der Waals surface area contributed by atoms with E-state index in [0.29, 0.717) is 5.56 Å². The molecule has 9 nitrogen and oxygen atoms in total. The number of fused-ring (bicyclic) bond motifs is 1. The first-order chi connectivity index (χ1) is 17.8. The van der Waals surface area contributed by atoms with Gasteiger partial charge in [0.25, 0.3) is 5.91 Å². The van der Waals surface area contributed by atoms with E-state index in [2.05, 4.69) is 10.5 Å². The van der Waals surface area contributed by atoms with Crippen LogP contribution < -0.4 is 14.9 Å². The Bertz CT molecular complexity index is 1520. The third kappa shape index (κ3) is 5.91. The minimum absolute atomic E-state index is 0.0399. The highest BCUT2D eigenvalue weighted by molar-refractivity contribution is 6.33. The number of carbonyl (C=O) groups is 2. The van der Waals surface area contributed by atoms with Crippen molar-refractivity contribution in [3.8, 4) is 11.5 Å². The summed E-state index contributed by atoms with van der Waals surface area (Å²) in [6.07, 6.45) is 0.274. The van der Waals surface area contributed by atoms with Crippen molar-refractivity contribution in [1.29, 1.82) is 0 Å². The number of nitro groups is 1. The summed E-state index contributed by atoms with van der Waals surface area (Å²) in [5.74, 6) is -1.11. The normalized spacial score (nSPS) is 11.7. The Morgan fingerprint density at radius 2 is 1.68 bits per heavy atom. The molecule has 1 unspecified atom stereocenters. The average Bonchev–Trinajstić information content (AvgIpc) is 2.90. The number of hydrogen-bond donors (Lipinski definition) is 1. The molecule has 0 spiro atoms. The number of benzene rings is 4. The molecule has 0 saturated carbocycles. The second kappa shape index (κ2) is 11.3. The smallest absolute Gasteiger partial charge is 0.345 e. The Kier molecular flexibility index (Phi) is 7.75. The standard InChI is InChI=1S/C27H20ClN3O6/c1-17(36-25-13-7-6-12-23(25)31(34)35)26(32)30-29-16-21-19-9-3-2-8-18(19)14-15-24(21)37-27(33)20-10-4-5-11-22(20)28/h2-17H,1H3,(H,30,32). The summed E-state index contributed by atoms with van der Waals surface area (Å²) in [4.78, 5) is 35.9. The number of para-hydroxylation sites is 2. The second-order valence-electron chi connectivity index (χ2n) is 7.79. The molecular weight excluding hydrogens is 498 g/mol. The van der Waals surface area contributed by atoms with Crippen LogP contribution in [0.5, 0.6) is 11.5 Å². The Morgan fingerprint density at radius 1 is 0.973 bits per heavy atom. The van der Waals surface area contributed by atoms with Crippen molar-refractivity contribution in [1.82, 2.24) is 5.43 Å². The second-order valence-corrected chi connectivity index (χ2v) is 8.19. The topological polar surface area (TPSA) is 120 Å². The molecule has 0 aliphatic heterocycles. The molecule has 0 heterocycles. The lowest BCUT2D eigenvalue weighted by molar-refractivity contribution is -0.386. The van der Waals surface area contributed by atoms with Gasteiger partial charge in [-0.1, -0.05) is 66.2 Å². The van der Waals surface area contributed by atoms with E-state index >= 15 is 0 Å². The molecule has 1 N–H and O–H groups in total. The van der Waals surface area contributed by atoms with E-state index < -0.39 is 22.9 Å². The number of rotatable bonds is 8. The Hall–Kier alpha value is -4.76. The maximum atomic E-state index is 12.8. The maximum Gasteiger partial charge on any atom is 0.345 e. The van der Waals surface area contributed by atoms with E-state index in [1.54, 1.807) is 42.5 Å².